The average Bonchev–Trinajstić information content (AvgIpc) is 2.46. The van der Waals surface area contributed by atoms with Gasteiger partial charge in [-0.2, -0.15) is 5.26 Å². The maximum Gasteiger partial charge on any atom is 0.339 e. The van der Waals surface area contributed by atoms with Crippen LogP contribution in [0.15, 0.2) is 42.5 Å². The normalized spacial score (nSPS) is 9.68. The van der Waals surface area contributed by atoms with Crippen molar-refractivity contribution in [3.63, 3.8) is 0 Å². The number of carbonyl (C=O) groups is 1. The number of rotatable bonds is 3. The lowest BCUT2D eigenvalue weighted by Crippen LogP contribution is -2.02. The summed E-state index contributed by atoms with van der Waals surface area (Å²) in [5.74, 6) is -0.800. The average molecular weight is 253 g/mol. The predicted octanol–water partition coefficient (Wildman–Crippen LogP) is 2.93. The quantitative estimate of drug-likeness (QED) is 0.912. The molecule has 0 fully saturated rings. The number of hydrogen-bond acceptors (Lipinski definition) is 3. The summed E-state index contributed by atoms with van der Waals surface area (Å²) in [6.07, 6.45) is 0. The van der Waals surface area contributed by atoms with Crippen LogP contribution in [0.2, 0.25) is 0 Å². The Morgan fingerprint density at radius 1 is 1.16 bits per heavy atom. The Labute approximate surface area is 110 Å². The van der Waals surface area contributed by atoms with Crippen LogP contribution in [0, 0.1) is 11.3 Å². The molecule has 0 heterocycles. The summed E-state index contributed by atoms with van der Waals surface area (Å²) < 4.78 is 5.20. The first kappa shape index (κ1) is 12.7. The van der Waals surface area contributed by atoms with E-state index in [0.717, 1.165) is 0 Å². The number of nitrogens with zero attached hydrogens (tertiary/aromatic N) is 1. The van der Waals surface area contributed by atoms with Crippen molar-refractivity contribution in [2.45, 2.75) is 0 Å². The molecule has 0 saturated carbocycles. The van der Waals surface area contributed by atoms with E-state index in [0.29, 0.717) is 16.7 Å². The van der Waals surface area contributed by atoms with E-state index < -0.39 is 5.97 Å². The summed E-state index contributed by atoms with van der Waals surface area (Å²) >= 11 is 0. The van der Waals surface area contributed by atoms with E-state index >= 15 is 0 Å². The smallest absolute Gasteiger partial charge is 0.339 e. The molecule has 0 amide bonds. The van der Waals surface area contributed by atoms with Gasteiger partial charge in [0.1, 0.15) is 11.3 Å². The number of aromatic carboxylic acids is 1. The predicted molar refractivity (Wildman–Crippen MR) is 70.1 cm³/mol. The first-order valence-electron chi connectivity index (χ1n) is 5.59. The van der Waals surface area contributed by atoms with Crippen molar-refractivity contribution in [1.82, 2.24) is 0 Å². The molecule has 0 aromatic heterocycles. The van der Waals surface area contributed by atoms with Crippen LogP contribution >= 0.6 is 0 Å². The van der Waals surface area contributed by atoms with E-state index in [1.54, 1.807) is 36.4 Å². The Hall–Kier alpha value is -2.80. The maximum absolute atomic E-state index is 11.2. The zero-order valence-corrected chi connectivity index (χ0v) is 10.3. The lowest BCUT2D eigenvalue weighted by molar-refractivity contribution is 0.0693. The minimum atomic E-state index is -1.06. The van der Waals surface area contributed by atoms with Gasteiger partial charge in [-0.05, 0) is 12.1 Å². The first-order chi connectivity index (χ1) is 9.19. The fraction of sp³-hybridized carbons (Fsp3) is 0.0667. The molecule has 0 radical (unpaired) electrons. The van der Waals surface area contributed by atoms with E-state index in [1.807, 2.05) is 0 Å². The van der Waals surface area contributed by atoms with Gasteiger partial charge < -0.3 is 9.84 Å². The molecule has 0 spiro atoms. The van der Waals surface area contributed by atoms with E-state index in [-0.39, 0.29) is 11.3 Å². The van der Waals surface area contributed by atoms with Gasteiger partial charge in [0.05, 0.1) is 18.7 Å². The van der Waals surface area contributed by atoms with Crippen molar-refractivity contribution in [1.29, 1.82) is 5.26 Å². The monoisotopic (exact) mass is 253 g/mol. The van der Waals surface area contributed by atoms with Crippen LogP contribution in [-0.2, 0) is 0 Å². The molecule has 0 unspecified atom stereocenters. The third-order valence-corrected chi connectivity index (χ3v) is 2.79. The number of methoxy groups -OCH3 is 1. The molecule has 94 valence electrons. The van der Waals surface area contributed by atoms with Gasteiger partial charge >= 0.3 is 5.97 Å². The summed E-state index contributed by atoms with van der Waals surface area (Å²) in [6, 6.07) is 13.9. The van der Waals surface area contributed by atoms with Crippen LogP contribution in [-0.4, -0.2) is 18.2 Å². The van der Waals surface area contributed by atoms with Crippen LogP contribution in [0.4, 0.5) is 0 Å². The largest absolute Gasteiger partial charge is 0.495 e. The molecule has 2 aromatic rings. The van der Waals surface area contributed by atoms with Crippen molar-refractivity contribution >= 4 is 5.97 Å². The summed E-state index contributed by atoms with van der Waals surface area (Å²) in [5, 5.41) is 18.3. The van der Waals surface area contributed by atoms with Gasteiger partial charge in [-0.25, -0.2) is 4.79 Å². The third-order valence-electron chi connectivity index (χ3n) is 2.79. The molecule has 0 aliphatic carbocycles. The van der Waals surface area contributed by atoms with Gasteiger partial charge in [-0.1, -0.05) is 30.3 Å². The number of hydrogen-bond donors (Lipinski definition) is 1. The summed E-state index contributed by atoms with van der Waals surface area (Å²) in [7, 11) is 1.42. The highest BCUT2D eigenvalue weighted by atomic mass is 16.5. The molecule has 0 saturated heterocycles. The molecule has 2 aromatic carbocycles. The second-order valence-corrected chi connectivity index (χ2v) is 3.85. The van der Waals surface area contributed by atoms with Crippen LogP contribution in [0.5, 0.6) is 5.75 Å². The van der Waals surface area contributed by atoms with Crippen molar-refractivity contribution in [2.24, 2.45) is 0 Å². The summed E-state index contributed by atoms with van der Waals surface area (Å²) in [4.78, 5) is 11.2. The second kappa shape index (κ2) is 5.23. The standard InChI is InChI=1S/C15H11NO3/c1-19-14-12(7-4-8-13(14)15(17)18)11-6-3-2-5-10(11)9-16/h2-8H,1H3,(H,17,18). The van der Waals surface area contributed by atoms with Gasteiger partial charge in [-0.15, -0.1) is 0 Å². The van der Waals surface area contributed by atoms with Crippen molar-refractivity contribution in [2.75, 3.05) is 7.11 Å². The van der Waals surface area contributed by atoms with Crippen molar-refractivity contribution in [3.8, 4) is 22.9 Å². The number of carboxylic acids is 1. The highest BCUT2D eigenvalue weighted by molar-refractivity contribution is 5.94. The Kier molecular flexibility index (Phi) is 3.48. The minimum absolute atomic E-state index is 0.0766. The topological polar surface area (TPSA) is 70.3 Å². The molecular weight excluding hydrogens is 242 g/mol. The minimum Gasteiger partial charge on any atom is -0.495 e. The maximum atomic E-state index is 11.2. The van der Waals surface area contributed by atoms with E-state index in [1.165, 1.54) is 13.2 Å². The van der Waals surface area contributed by atoms with Gasteiger partial charge in [-0.3, -0.25) is 0 Å². The first-order valence-corrected chi connectivity index (χ1v) is 5.59. The van der Waals surface area contributed by atoms with E-state index in [4.69, 9.17) is 15.1 Å². The van der Waals surface area contributed by atoms with Crippen molar-refractivity contribution < 1.29 is 14.6 Å². The summed E-state index contributed by atoms with van der Waals surface area (Å²) in [5.41, 5.74) is 1.81. The summed E-state index contributed by atoms with van der Waals surface area (Å²) in [6.45, 7) is 0. The van der Waals surface area contributed by atoms with Gasteiger partial charge in [0.25, 0.3) is 0 Å². The number of benzene rings is 2. The van der Waals surface area contributed by atoms with Crippen LogP contribution in [0.1, 0.15) is 15.9 Å². The van der Waals surface area contributed by atoms with Crippen LogP contribution in [0.3, 0.4) is 0 Å². The SMILES string of the molecule is COc1c(C(=O)O)cccc1-c1ccccc1C#N. The molecule has 0 bridgehead atoms. The van der Waals surface area contributed by atoms with Gasteiger partial charge in [0, 0.05) is 11.1 Å². The Balaban J connectivity index is 2.73. The van der Waals surface area contributed by atoms with E-state index in [2.05, 4.69) is 6.07 Å². The Morgan fingerprint density at radius 2 is 1.84 bits per heavy atom. The number of para-hydroxylation sites is 1. The molecule has 0 aliphatic heterocycles. The molecule has 2 rings (SSSR count). The number of ether oxygens (including phenoxy) is 1. The highest BCUT2D eigenvalue weighted by Crippen LogP contribution is 2.34. The van der Waals surface area contributed by atoms with Crippen LogP contribution in [0.25, 0.3) is 11.1 Å². The van der Waals surface area contributed by atoms with Crippen molar-refractivity contribution in [3.05, 3.63) is 53.6 Å². The molecular formula is C15H11NO3. The number of nitriles is 1. The Morgan fingerprint density at radius 3 is 2.47 bits per heavy atom. The highest BCUT2D eigenvalue weighted by Gasteiger charge is 2.17. The number of carboxylic acid groups (broad SMARTS) is 1. The fourth-order valence-corrected chi connectivity index (χ4v) is 1.95. The van der Waals surface area contributed by atoms with Gasteiger partial charge in [0.2, 0.25) is 0 Å². The zero-order valence-electron chi connectivity index (χ0n) is 10.3. The molecule has 19 heavy (non-hydrogen) atoms. The molecule has 0 atom stereocenters. The molecule has 1 N–H and O–H groups in total. The molecule has 0 aliphatic rings. The van der Waals surface area contributed by atoms with Crippen LogP contribution < -0.4 is 4.74 Å². The fourth-order valence-electron chi connectivity index (χ4n) is 1.95. The van der Waals surface area contributed by atoms with E-state index in [9.17, 15) is 4.79 Å². The third kappa shape index (κ3) is 2.26. The second-order valence-electron chi connectivity index (χ2n) is 3.85. The van der Waals surface area contributed by atoms with Gasteiger partial charge in [0.15, 0.2) is 0 Å². The lowest BCUT2D eigenvalue weighted by Gasteiger charge is -2.12. The Bertz CT molecular complexity index is 671. The molecule has 4 heteroatoms. The lowest BCUT2D eigenvalue weighted by atomic mass is 9.97. The zero-order chi connectivity index (χ0) is 13.8. The molecule has 4 nitrogen and oxygen atoms in total.